The molecule has 27 heavy (non-hydrogen) atoms. The van der Waals surface area contributed by atoms with Gasteiger partial charge in [-0.15, -0.1) is 0 Å². The topological polar surface area (TPSA) is 93.0 Å². The first kappa shape index (κ1) is 18.1. The van der Waals surface area contributed by atoms with Crippen LogP contribution in [-0.2, 0) is 7.05 Å². The summed E-state index contributed by atoms with van der Waals surface area (Å²) < 4.78 is 43.2. The molecule has 3 aliphatic heterocycles. The first-order valence-electron chi connectivity index (χ1n) is 8.83. The number of piperidine rings is 1. The van der Waals surface area contributed by atoms with Gasteiger partial charge in [0.25, 0.3) is 0 Å². The number of halogens is 3. The van der Waals surface area contributed by atoms with Crippen LogP contribution in [0.2, 0.25) is 0 Å². The van der Waals surface area contributed by atoms with Gasteiger partial charge in [-0.05, 0) is 19.4 Å². The SMILES string of the molecule is Cn1cc(C2=C3CC2=NC(C2CCCNC2)=C(C(F)(F)F)C(N)N=N3)cn1. The fourth-order valence-electron chi connectivity index (χ4n) is 3.72. The fraction of sp³-hybridized carbons (Fsp3) is 0.529. The van der Waals surface area contributed by atoms with E-state index in [0.717, 1.165) is 18.5 Å². The van der Waals surface area contributed by atoms with Gasteiger partial charge in [0.2, 0.25) is 0 Å². The number of rotatable bonds is 2. The largest absolute Gasteiger partial charge is 0.417 e. The molecule has 1 fully saturated rings. The van der Waals surface area contributed by atoms with Crippen molar-refractivity contribution in [3.8, 4) is 0 Å². The third kappa shape index (κ3) is 3.34. The highest BCUT2D eigenvalue weighted by Crippen LogP contribution is 2.41. The molecule has 4 heterocycles. The van der Waals surface area contributed by atoms with Crippen molar-refractivity contribution in [3.05, 3.63) is 34.9 Å². The van der Waals surface area contributed by atoms with Crippen LogP contribution in [0.3, 0.4) is 0 Å². The van der Waals surface area contributed by atoms with Crippen molar-refractivity contribution < 1.29 is 13.2 Å². The lowest BCUT2D eigenvalue weighted by Crippen LogP contribution is -2.36. The van der Waals surface area contributed by atoms with Gasteiger partial charge in [0, 0.05) is 43.3 Å². The maximum Gasteiger partial charge on any atom is 0.417 e. The number of fused-ring (bicyclic) bond motifs is 3. The van der Waals surface area contributed by atoms with Crippen molar-refractivity contribution in [3.63, 3.8) is 0 Å². The summed E-state index contributed by atoms with van der Waals surface area (Å²) in [5.74, 6) is -0.360. The van der Waals surface area contributed by atoms with E-state index >= 15 is 0 Å². The zero-order chi connectivity index (χ0) is 19.2. The summed E-state index contributed by atoms with van der Waals surface area (Å²) in [5, 5.41) is 15.1. The molecule has 2 bridgehead atoms. The van der Waals surface area contributed by atoms with Crippen LogP contribution in [0.15, 0.2) is 44.6 Å². The van der Waals surface area contributed by atoms with Crippen molar-refractivity contribution >= 4 is 11.3 Å². The van der Waals surface area contributed by atoms with Gasteiger partial charge < -0.3 is 11.1 Å². The second-order valence-corrected chi connectivity index (χ2v) is 6.96. The minimum Gasteiger partial charge on any atom is -0.316 e. The maximum absolute atomic E-state index is 13.9. The number of aliphatic imine (C=N–C) groups is 1. The molecular weight excluding hydrogens is 359 g/mol. The lowest BCUT2D eigenvalue weighted by Gasteiger charge is -2.28. The number of nitrogens with one attached hydrogen (secondary N) is 1. The van der Waals surface area contributed by atoms with Crippen molar-refractivity contribution in [2.24, 2.45) is 33.9 Å². The van der Waals surface area contributed by atoms with E-state index in [2.05, 4.69) is 25.6 Å². The van der Waals surface area contributed by atoms with Crippen LogP contribution in [0.25, 0.3) is 5.57 Å². The van der Waals surface area contributed by atoms with Crippen LogP contribution in [-0.4, -0.2) is 40.9 Å². The number of azo groups is 1. The molecule has 1 aromatic rings. The van der Waals surface area contributed by atoms with E-state index < -0.39 is 17.9 Å². The second kappa shape index (κ2) is 6.68. The molecule has 1 aromatic heterocycles. The summed E-state index contributed by atoms with van der Waals surface area (Å²) >= 11 is 0. The molecule has 2 atom stereocenters. The molecule has 5 rings (SSSR count). The fourth-order valence-corrected chi connectivity index (χ4v) is 3.72. The van der Waals surface area contributed by atoms with E-state index in [1.165, 1.54) is 0 Å². The van der Waals surface area contributed by atoms with E-state index in [1.54, 1.807) is 24.1 Å². The van der Waals surface area contributed by atoms with E-state index in [4.69, 9.17) is 5.73 Å². The molecule has 4 aliphatic rings. The Bertz CT molecular complexity index is 869. The zero-order valence-electron chi connectivity index (χ0n) is 14.8. The number of alkyl halides is 3. The third-order valence-corrected chi connectivity index (χ3v) is 5.02. The number of hydrogen-bond donors (Lipinski definition) is 2. The molecule has 144 valence electrons. The van der Waals surface area contributed by atoms with Crippen LogP contribution in [0.1, 0.15) is 24.8 Å². The predicted molar refractivity (Wildman–Crippen MR) is 93.7 cm³/mol. The Balaban J connectivity index is 1.86. The normalized spacial score (nSPS) is 26.3. The van der Waals surface area contributed by atoms with Crippen molar-refractivity contribution in [1.82, 2.24) is 15.1 Å². The van der Waals surface area contributed by atoms with Crippen molar-refractivity contribution in [2.75, 3.05) is 13.1 Å². The van der Waals surface area contributed by atoms with Gasteiger partial charge in [0.15, 0.2) is 6.17 Å². The van der Waals surface area contributed by atoms with Gasteiger partial charge in [-0.1, -0.05) is 0 Å². The van der Waals surface area contributed by atoms with Crippen molar-refractivity contribution in [2.45, 2.75) is 31.6 Å². The van der Waals surface area contributed by atoms with Crippen LogP contribution in [0.5, 0.6) is 0 Å². The maximum atomic E-state index is 13.9. The number of allylic oxidation sites excluding steroid dienone is 2. The van der Waals surface area contributed by atoms with Gasteiger partial charge in [0.05, 0.1) is 28.9 Å². The van der Waals surface area contributed by atoms with Gasteiger partial charge in [-0.3, -0.25) is 9.67 Å². The first-order valence-corrected chi connectivity index (χ1v) is 8.83. The monoisotopic (exact) mass is 379 g/mol. The number of aromatic nitrogens is 2. The Morgan fingerprint density at radius 1 is 1.33 bits per heavy atom. The zero-order valence-corrected chi connectivity index (χ0v) is 14.8. The third-order valence-electron chi connectivity index (χ3n) is 5.02. The lowest BCUT2D eigenvalue weighted by atomic mass is 9.86. The smallest absolute Gasteiger partial charge is 0.316 e. The highest BCUT2D eigenvalue weighted by atomic mass is 19.4. The summed E-state index contributed by atoms with van der Waals surface area (Å²) in [5.41, 5.74) is 7.52. The van der Waals surface area contributed by atoms with Crippen LogP contribution >= 0.6 is 0 Å². The van der Waals surface area contributed by atoms with Crippen LogP contribution in [0, 0.1) is 5.92 Å². The Morgan fingerprint density at radius 2 is 2.15 bits per heavy atom. The second-order valence-electron chi connectivity index (χ2n) is 6.96. The Labute approximate surface area is 153 Å². The quantitative estimate of drug-likeness (QED) is 0.827. The van der Waals surface area contributed by atoms with Crippen molar-refractivity contribution in [1.29, 1.82) is 0 Å². The highest BCUT2D eigenvalue weighted by Gasteiger charge is 2.44. The Morgan fingerprint density at radius 3 is 2.78 bits per heavy atom. The van der Waals surface area contributed by atoms with Crippen LogP contribution in [0.4, 0.5) is 13.2 Å². The minimum absolute atomic E-state index is 0.0153. The van der Waals surface area contributed by atoms with Gasteiger partial charge in [-0.2, -0.15) is 28.5 Å². The average molecular weight is 379 g/mol. The summed E-state index contributed by atoms with van der Waals surface area (Å²) in [6.45, 7) is 1.23. The van der Waals surface area contributed by atoms with Crippen LogP contribution < -0.4 is 11.1 Å². The molecule has 1 saturated heterocycles. The lowest BCUT2D eigenvalue weighted by molar-refractivity contribution is -0.0969. The summed E-state index contributed by atoms with van der Waals surface area (Å²) in [6.07, 6.45) is -0.994. The Kier molecular flexibility index (Phi) is 4.47. The number of hydrogen-bond acceptors (Lipinski definition) is 6. The molecular formula is C17H20F3N7. The summed E-state index contributed by atoms with van der Waals surface area (Å²) in [6, 6.07) is 0. The molecule has 2 unspecified atom stereocenters. The van der Waals surface area contributed by atoms with E-state index in [9.17, 15) is 13.2 Å². The molecule has 0 amide bonds. The van der Waals surface area contributed by atoms with Gasteiger partial charge >= 0.3 is 6.18 Å². The molecule has 0 aromatic carbocycles. The molecule has 10 heteroatoms. The number of nitrogens with zero attached hydrogens (tertiary/aromatic N) is 5. The summed E-state index contributed by atoms with van der Waals surface area (Å²) in [7, 11) is 1.77. The minimum atomic E-state index is -4.62. The molecule has 3 N–H and O–H groups in total. The van der Waals surface area contributed by atoms with E-state index in [1.807, 2.05) is 0 Å². The highest BCUT2D eigenvalue weighted by molar-refractivity contribution is 6.31. The molecule has 7 nitrogen and oxygen atoms in total. The van der Waals surface area contributed by atoms with Gasteiger partial charge in [-0.25, -0.2) is 0 Å². The Hall–Kier alpha value is -2.33. The number of aryl methyl sites for hydroxylation is 1. The molecule has 0 spiro atoms. The molecule has 0 radical (unpaired) electrons. The van der Waals surface area contributed by atoms with Gasteiger partial charge in [0.1, 0.15) is 0 Å². The van der Waals surface area contributed by atoms with E-state index in [0.29, 0.717) is 36.4 Å². The standard InChI is InChI=1S/C17H20F3N7/c1-27-8-10(7-23-27)13-11-5-12(13)25-26-16(21)14(17(18,19)20)15(24-11)9-3-2-4-22-6-9/h7-9,16,22H,2-6,21H2,1H3. The molecule has 0 saturated carbocycles. The average Bonchev–Trinajstić information content (AvgIpc) is 3.04. The first-order chi connectivity index (χ1) is 12.8. The van der Waals surface area contributed by atoms with E-state index in [-0.39, 0.29) is 11.6 Å². The summed E-state index contributed by atoms with van der Waals surface area (Å²) in [4.78, 5) is 4.49. The number of nitrogens with two attached hydrogens (primary N) is 1. The molecule has 1 aliphatic carbocycles. The predicted octanol–water partition coefficient (Wildman–Crippen LogP) is 2.54.